The van der Waals surface area contributed by atoms with Crippen LogP contribution in [-0.4, -0.2) is 19.6 Å². The molecule has 3 nitrogen and oxygen atoms in total. The minimum Gasteiger partial charge on any atom is -0.465 e. The summed E-state index contributed by atoms with van der Waals surface area (Å²) in [5, 5.41) is 6.83. The first-order valence-corrected chi connectivity index (χ1v) is 6.31. The lowest BCUT2D eigenvalue weighted by atomic mass is 10.0. The molecule has 1 aromatic rings. The molecule has 16 heavy (non-hydrogen) atoms. The van der Waals surface area contributed by atoms with Crippen molar-refractivity contribution in [1.29, 1.82) is 0 Å². The predicted octanol–water partition coefficient (Wildman–Crippen LogP) is 2.07. The van der Waals surface area contributed by atoms with Gasteiger partial charge in [0.1, 0.15) is 11.5 Å². The van der Waals surface area contributed by atoms with E-state index in [1.54, 1.807) is 0 Å². The minimum absolute atomic E-state index is 0.858. The topological polar surface area (TPSA) is 37.2 Å². The molecule has 1 saturated heterocycles. The predicted molar refractivity (Wildman–Crippen MR) is 65.4 cm³/mol. The van der Waals surface area contributed by atoms with Gasteiger partial charge in [0.25, 0.3) is 0 Å². The molecule has 1 atom stereocenters. The maximum atomic E-state index is 5.49. The summed E-state index contributed by atoms with van der Waals surface area (Å²) in [6, 6.07) is 4.06. The minimum atomic E-state index is 0.858. The van der Waals surface area contributed by atoms with Gasteiger partial charge in [-0.3, -0.25) is 0 Å². The molecule has 0 saturated carbocycles. The van der Waals surface area contributed by atoms with Gasteiger partial charge in [-0.05, 0) is 63.9 Å². The summed E-state index contributed by atoms with van der Waals surface area (Å²) in [5.41, 5.74) is 0. The Morgan fingerprint density at radius 2 is 2.44 bits per heavy atom. The molecular weight excluding hydrogens is 200 g/mol. The van der Waals surface area contributed by atoms with Gasteiger partial charge in [0.05, 0.1) is 6.54 Å². The van der Waals surface area contributed by atoms with E-state index in [0.717, 1.165) is 30.5 Å². The Labute approximate surface area is 97.6 Å². The van der Waals surface area contributed by atoms with Crippen molar-refractivity contribution in [2.75, 3.05) is 19.6 Å². The van der Waals surface area contributed by atoms with Crippen LogP contribution in [0.3, 0.4) is 0 Å². The van der Waals surface area contributed by atoms with E-state index in [1.165, 1.54) is 32.4 Å². The highest BCUT2D eigenvalue weighted by Gasteiger charge is 2.13. The number of rotatable bonds is 6. The first-order chi connectivity index (χ1) is 7.84. The first-order valence-electron chi connectivity index (χ1n) is 6.31. The van der Waals surface area contributed by atoms with Crippen LogP contribution >= 0.6 is 0 Å². The summed E-state index contributed by atoms with van der Waals surface area (Å²) in [4.78, 5) is 0. The van der Waals surface area contributed by atoms with E-state index in [0.29, 0.717) is 0 Å². The monoisotopic (exact) mass is 222 g/mol. The molecule has 1 unspecified atom stereocenters. The van der Waals surface area contributed by atoms with E-state index < -0.39 is 0 Å². The van der Waals surface area contributed by atoms with Crippen LogP contribution < -0.4 is 10.6 Å². The van der Waals surface area contributed by atoms with Gasteiger partial charge >= 0.3 is 0 Å². The summed E-state index contributed by atoms with van der Waals surface area (Å²) >= 11 is 0. The zero-order valence-electron chi connectivity index (χ0n) is 10.1. The molecule has 90 valence electrons. The number of nitrogens with one attached hydrogen (secondary N) is 2. The van der Waals surface area contributed by atoms with Gasteiger partial charge < -0.3 is 15.1 Å². The Bertz CT molecular complexity index is 303. The fourth-order valence-electron chi connectivity index (χ4n) is 2.27. The lowest BCUT2D eigenvalue weighted by Crippen LogP contribution is -2.16. The average Bonchev–Trinajstić information content (AvgIpc) is 2.89. The molecule has 1 aliphatic heterocycles. The second kappa shape index (κ2) is 6.06. The lowest BCUT2D eigenvalue weighted by Gasteiger charge is -2.07. The zero-order valence-corrected chi connectivity index (χ0v) is 10.1. The number of aryl methyl sites for hydroxylation is 1. The maximum Gasteiger partial charge on any atom is 0.117 e. The highest BCUT2D eigenvalue weighted by atomic mass is 16.3. The number of hydrogen-bond acceptors (Lipinski definition) is 3. The van der Waals surface area contributed by atoms with Crippen molar-refractivity contribution >= 4 is 0 Å². The summed E-state index contributed by atoms with van der Waals surface area (Å²) < 4.78 is 5.49. The lowest BCUT2D eigenvalue weighted by molar-refractivity contribution is 0.447. The van der Waals surface area contributed by atoms with Crippen LogP contribution in [0.5, 0.6) is 0 Å². The maximum absolute atomic E-state index is 5.49. The van der Waals surface area contributed by atoms with Gasteiger partial charge in [-0.25, -0.2) is 0 Å². The van der Waals surface area contributed by atoms with Crippen LogP contribution in [0.15, 0.2) is 16.5 Å². The zero-order chi connectivity index (χ0) is 11.2. The molecule has 2 N–H and O–H groups in total. The molecule has 0 amide bonds. The van der Waals surface area contributed by atoms with Gasteiger partial charge in [-0.1, -0.05) is 0 Å². The second-order valence-corrected chi connectivity index (χ2v) is 4.69. The number of hydrogen-bond donors (Lipinski definition) is 2. The van der Waals surface area contributed by atoms with E-state index in [-0.39, 0.29) is 0 Å². The van der Waals surface area contributed by atoms with Crippen LogP contribution in [0.2, 0.25) is 0 Å². The normalized spacial score (nSPS) is 20.4. The van der Waals surface area contributed by atoms with E-state index >= 15 is 0 Å². The van der Waals surface area contributed by atoms with Crippen LogP contribution in [0.1, 0.15) is 30.8 Å². The van der Waals surface area contributed by atoms with Crippen molar-refractivity contribution < 1.29 is 4.42 Å². The van der Waals surface area contributed by atoms with Gasteiger partial charge in [-0.2, -0.15) is 0 Å². The van der Waals surface area contributed by atoms with Crippen molar-refractivity contribution in [3.8, 4) is 0 Å². The van der Waals surface area contributed by atoms with E-state index in [1.807, 2.05) is 19.1 Å². The van der Waals surface area contributed by atoms with Crippen LogP contribution in [0.25, 0.3) is 0 Å². The van der Waals surface area contributed by atoms with E-state index in [9.17, 15) is 0 Å². The molecular formula is C13H22N2O. The Morgan fingerprint density at radius 1 is 1.50 bits per heavy atom. The van der Waals surface area contributed by atoms with Crippen molar-refractivity contribution in [1.82, 2.24) is 10.6 Å². The van der Waals surface area contributed by atoms with Gasteiger partial charge in [-0.15, -0.1) is 0 Å². The van der Waals surface area contributed by atoms with Crippen LogP contribution in [-0.2, 0) is 6.54 Å². The highest BCUT2D eigenvalue weighted by Crippen LogP contribution is 2.13. The van der Waals surface area contributed by atoms with Crippen molar-refractivity contribution in [2.24, 2.45) is 5.92 Å². The second-order valence-electron chi connectivity index (χ2n) is 4.69. The van der Waals surface area contributed by atoms with Gasteiger partial charge in [0.2, 0.25) is 0 Å². The van der Waals surface area contributed by atoms with Gasteiger partial charge in [0.15, 0.2) is 0 Å². The summed E-state index contributed by atoms with van der Waals surface area (Å²) in [7, 11) is 0. The fraction of sp³-hybridized carbons (Fsp3) is 0.692. The SMILES string of the molecule is Cc1ccc(CNCCCC2CCNC2)o1. The molecule has 1 fully saturated rings. The molecule has 0 radical (unpaired) electrons. The molecule has 0 aliphatic carbocycles. The third kappa shape index (κ3) is 3.65. The summed E-state index contributed by atoms with van der Waals surface area (Å²) in [6.45, 7) is 6.37. The fourth-order valence-corrected chi connectivity index (χ4v) is 2.27. The third-order valence-electron chi connectivity index (χ3n) is 3.22. The summed E-state index contributed by atoms with van der Waals surface area (Å²) in [5.74, 6) is 2.95. The standard InChI is InChI=1S/C13H22N2O/c1-11-4-5-13(16-11)10-14-7-2-3-12-6-8-15-9-12/h4-5,12,14-15H,2-3,6-10H2,1H3. The quantitative estimate of drug-likeness (QED) is 0.724. The molecule has 0 bridgehead atoms. The first kappa shape index (κ1) is 11.7. The Balaban J connectivity index is 1.51. The molecule has 1 aliphatic rings. The highest BCUT2D eigenvalue weighted by molar-refractivity contribution is 5.04. The molecule has 1 aromatic heterocycles. The molecule has 2 rings (SSSR count). The Morgan fingerprint density at radius 3 is 3.12 bits per heavy atom. The van der Waals surface area contributed by atoms with E-state index in [2.05, 4.69) is 10.6 Å². The smallest absolute Gasteiger partial charge is 0.117 e. The molecule has 0 aromatic carbocycles. The third-order valence-corrected chi connectivity index (χ3v) is 3.22. The van der Waals surface area contributed by atoms with Crippen LogP contribution in [0, 0.1) is 12.8 Å². The largest absolute Gasteiger partial charge is 0.465 e. The molecule has 2 heterocycles. The van der Waals surface area contributed by atoms with Crippen molar-refractivity contribution in [3.63, 3.8) is 0 Å². The van der Waals surface area contributed by atoms with Crippen LogP contribution in [0.4, 0.5) is 0 Å². The van der Waals surface area contributed by atoms with Crippen molar-refractivity contribution in [2.45, 2.75) is 32.7 Å². The molecule has 0 spiro atoms. The summed E-state index contributed by atoms with van der Waals surface area (Å²) in [6.07, 6.45) is 3.97. The number of furan rings is 1. The van der Waals surface area contributed by atoms with E-state index in [4.69, 9.17) is 4.42 Å². The van der Waals surface area contributed by atoms with Gasteiger partial charge in [0, 0.05) is 0 Å². The molecule has 3 heteroatoms. The van der Waals surface area contributed by atoms with Crippen molar-refractivity contribution in [3.05, 3.63) is 23.7 Å². The Hall–Kier alpha value is -0.800. The average molecular weight is 222 g/mol. The Kier molecular flexibility index (Phi) is 4.43.